The zero-order valence-corrected chi connectivity index (χ0v) is 14.9. The van der Waals surface area contributed by atoms with Crippen LogP contribution in [0.3, 0.4) is 0 Å². The van der Waals surface area contributed by atoms with E-state index in [2.05, 4.69) is 5.32 Å². The van der Waals surface area contributed by atoms with Crippen LogP contribution in [-0.2, 0) is 6.54 Å². The van der Waals surface area contributed by atoms with Crippen LogP contribution in [0.25, 0.3) is 0 Å². The third-order valence-corrected chi connectivity index (χ3v) is 4.43. The monoisotopic (exact) mass is 343 g/mol. The van der Waals surface area contributed by atoms with E-state index in [0.29, 0.717) is 37.0 Å². The summed E-state index contributed by atoms with van der Waals surface area (Å²) in [5.74, 6) is 2.01. The zero-order valence-electron chi connectivity index (χ0n) is 14.9. The Balaban J connectivity index is 1.74. The normalized spacial score (nSPS) is 14.9. The predicted octanol–water partition coefficient (Wildman–Crippen LogP) is 3.07. The second-order valence-electron chi connectivity index (χ2n) is 6.71. The molecule has 2 aromatic carbocycles. The van der Waals surface area contributed by atoms with E-state index >= 15 is 0 Å². The van der Waals surface area contributed by atoms with E-state index in [9.17, 15) is 5.11 Å². The summed E-state index contributed by atoms with van der Waals surface area (Å²) in [6.07, 6.45) is -0.618. The van der Waals surface area contributed by atoms with Crippen molar-refractivity contribution in [3.63, 3.8) is 0 Å². The summed E-state index contributed by atoms with van der Waals surface area (Å²) in [5, 5.41) is 14.1. The molecule has 5 nitrogen and oxygen atoms in total. The summed E-state index contributed by atoms with van der Waals surface area (Å²) in [5.41, 5.74) is 1.40. The van der Waals surface area contributed by atoms with Crippen LogP contribution in [0.15, 0.2) is 42.5 Å². The van der Waals surface area contributed by atoms with Gasteiger partial charge in [0.1, 0.15) is 13.2 Å². The van der Waals surface area contributed by atoms with Crippen molar-refractivity contribution in [2.75, 3.05) is 20.3 Å². The van der Waals surface area contributed by atoms with E-state index in [1.807, 2.05) is 56.3 Å². The summed E-state index contributed by atoms with van der Waals surface area (Å²) in [6, 6.07) is 13.6. The Kier molecular flexibility index (Phi) is 5.16. The van der Waals surface area contributed by atoms with E-state index in [1.54, 1.807) is 7.11 Å². The van der Waals surface area contributed by atoms with E-state index in [-0.39, 0.29) is 0 Å². The van der Waals surface area contributed by atoms with Crippen molar-refractivity contribution in [2.24, 2.45) is 0 Å². The van der Waals surface area contributed by atoms with Crippen molar-refractivity contribution in [1.29, 1.82) is 0 Å². The summed E-state index contributed by atoms with van der Waals surface area (Å²) in [7, 11) is 1.62. The fourth-order valence-electron chi connectivity index (χ4n) is 2.91. The Morgan fingerprint density at radius 3 is 2.60 bits per heavy atom. The Labute approximate surface area is 148 Å². The first kappa shape index (κ1) is 17.6. The highest BCUT2D eigenvalue weighted by Crippen LogP contribution is 2.40. The molecular formula is C20H25NO4. The van der Waals surface area contributed by atoms with Crippen molar-refractivity contribution in [3.05, 3.63) is 53.6 Å². The standard InChI is InChI=1S/C20H25NO4/c1-20(2,19(22)15-7-5-4-6-8-15)21-13-14-11-16(23-3)18-17(12-14)24-9-10-25-18/h4-8,11-12,19,21-22H,9-10,13H2,1-3H3. The van der Waals surface area contributed by atoms with Gasteiger partial charge in [-0.3, -0.25) is 0 Å². The quantitative estimate of drug-likeness (QED) is 0.844. The second kappa shape index (κ2) is 7.33. The Bertz CT molecular complexity index is 698. The highest BCUT2D eigenvalue weighted by molar-refractivity contribution is 5.54. The molecule has 2 aromatic rings. The number of hydrogen-bond acceptors (Lipinski definition) is 5. The number of fused-ring (bicyclic) bond motifs is 1. The lowest BCUT2D eigenvalue weighted by molar-refractivity contribution is 0.0791. The van der Waals surface area contributed by atoms with E-state index in [0.717, 1.165) is 11.1 Å². The first-order chi connectivity index (χ1) is 12.0. The number of methoxy groups -OCH3 is 1. The molecule has 0 aliphatic carbocycles. The third kappa shape index (κ3) is 3.89. The highest BCUT2D eigenvalue weighted by Gasteiger charge is 2.29. The molecule has 5 heteroatoms. The molecule has 1 unspecified atom stereocenters. The van der Waals surface area contributed by atoms with Gasteiger partial charge in [-0.2, -0.15) is 0 Å². The van der Waals surface area contributed by atoms with Gasteiger partial charge in [-0.25, -0.2) is 0 Å². The molecule has 0 saturated carbocycles. The number of ether oxygens (including phenoxy) is 3. The molecule has 2 N–H and O–H groups in total. The molecule has 1 aliphatic heterocycles. The van der Waals surface area contributed by atoms with Gasteiger partial charge in [0.2, 0.25) is 5.75 Å². The molecular weight excluding hydrogens is 318 g/mol. The van der Waals surface area contributed by atoms with Gasteiger partial charge >= 0.3 is 0 Å². The molecule has 0 amide bonds. The minimum atomic E-state index is -0.618. The Morgan fingerprint density at radius 2 is 1.88 bits per heavy atom. The summed E-state index contributed by atoms with van der Waals surface area (Å²) < 4.78 is 16.7. The topological polar surface area (TPSA) is 60.0 Å². The average Bonchev–Trinajstić information content (AvgIpc) is 2.65. The lowest BCUT2D eigenvalue weighted by Gasteiger charge is -2.32. The van der Waals surface area contributed by atoms with Gasteiger partial charge in [-0.05, 0) is 37.1 Å². The van der Waals surface area contributed by atoms with Gasteiger partial charge in [-0.1, -0.05) is 30.3 Å². The summed E-state index contributed by atoms with van der Waals surface area (Å²) >= 11 is 0. The van der Waals surface area contributed by atoms with Gasteiger partial charge in [-0.15, -0.1) is 0 Å². The van der Waals surface area contributed by atoms with Crippen LogP contribution in [0.1, 0.15) is 31.1 Å². The van der Waals surface area contributed by atoms with E-state index < -0.39 is 11.6 Å². The third-order valence-electron chi connectivity index (χ3n) is 4.43. The van der Waals surface area contributed by atoms with E-state index in [4.69, 9.17) is 14.2 Å². The molecule has 0 radical (unpaired) electrons. The van der Waals surface area contributed by atoms with Crippen molar-refractivity contribution in [2.45, 2.75) is 32.0 Å². The number of benzene rings is 2. The number of aliphatic hydroxyl groups is 1. The number of nitrogens with one attached hydrogen (secondary N) is 1. The van der Waals surface area contributed by atoms with Crippen molar-refractivity contribution in [1.82, 2.24) is 5.32 Å². The van der Waals surface area contributed by atoms with Crippen LogP contribution in [0, 0.1) is 0 Å². The maximum Gasteiger partial charge on any atom is 0.203 e. The summed E-state index contributed by atoms with van der Waals surface area (Å²) in [6.45, 7) is 5.60. The Hall–Kier alpha value is -2.24. The molecule has 1 aliphatic rings. The maximum atomic E-state index is 10.7. The van der Waals surface area contributed by atoms with Crippen LogP contribution >= 0.6 is 0 Å². The molecule has 1 heterocycles. The first-order valence-electron chi connectivity index (χ1n) is 8.46. The van der Waals surface area contributed by atoms with Gasteiger partial charge < -0.3 is 24.6 Å². The number of rotatable bonds is 6. The van der Waals surface area contributed by atoms with Crippen LogP contribution < -0.4 is 19.5 Å². The fraction of sp³-hybridized carbons (Fsp3) is 0.400. The van der Waals surface area contributed by atoms with Crippen LogP contribution in [0.2, 0.25) is 0 Å². The second-order valence-corrected chi connectivity index (χ2v) is 6.71. The minimum absolute atomic E-state index is 0.498. The van der Waals surface area contributed by atoms with E-state index in [1.165, 1.54) is 0 Å². The fourth-order valence-corrected chi connectivity index (χ4v) is 2.91. The van der Waals surface area contributed by atoms with Crippen molar-refractivity contribution >= 4 is 0 Å². The summed E-state index contributed by atoms with van der Waals surface area (Å²) in [4.78, 5) is 0. The van der Waals surface area contributed by atoms with Crippen molar-refractivity contribution in [3.8, 4) is 17.2 Å². The van der Waals surface area contributed by atoms with Gasteiger partial charge in [0, 0.05) is 12.1 Å². The average molecular weight is 343 g/mol. The molecule has 0 saturated heterocycles. The Morgan fingerprint density at radius 1 is 1.16 bits per heavy atom. The molecule has 0 spiro atoms. The van der Waals surface area contributed by atoms with Gasteiger partial charge in [0.15, 0.2) is 11.5 Å². The molecule has 0 bridgehead atoms. The minimum Gasteiger partial charge on any atom is -0.493 e. The zero-order chi connectivity index (χ0) is 17.9. The lowest BCUT2D eigenvalue weighted by Crippen LogP contribution is -2.44. The smallest absolute Gasteiger partial charge is 0.203 e. The first-order valence-corrected chi connectivity index (χ1v) is 8.46. The molecule has 0 aromatic heterocycles. The number of hydrogen-bond donors (Lipinski definition) is 2. The van der Waals surface area contributed by atoms with Crippen LogP contribution in [0.4, 0.5) is 0 Å². The molecule has 1 atom stereocenters. The van der Waals surface area contributed by atoms with Gasteiger partial charge in [0.05, 0.1) is 13.2 Å². The highest BCUT2D eigenvalue weighted by atomic mass is 16.6. The largest absolute Gasteiger partial charge is 0.493 e. The predicted molar refractivity (Wildman–Crippen MR) is 96.3 cm³/mol. The van der Waals surface area contributed by atoms with Crippen molar-refractivity contribution < 1.29 is 19.3 Å². The number of aliphatic hydroxyl groups excluding tert-OH is 1. The molecule has 3 rings (SSSR count). The van der Waals surface area contributed by atoms with Crippen LogP contribution in [0.5, 0.6) is 17.2 Å². The lowest BCUT2D eigenvalue weighted by atomic mass is 9.91. The van der Waals surface area contributed by atoms with Gasteiger partial charge in [0.25, 0.3) is 0 Å². The molecule has 134 valence electrons. The molecule has 0 fully saturated rings. The SMILES string of the molecule is COc1cc(CNC(C)(C)C(O)c2ccccc2)cc2c1OCCO2. The maximum absolute atomic E-state index is 10.7. The van der Waals surface area contributed by atoms with Crippen LogP contribution in [-0.4, -0.2) is 31.0 Å². The molecule has 25 heavy (non-hydrogen) atoms.